The van der Waals surface area contributed by atoms with Gasteiger partial charge in [-0.25, -0.2) is 9.59 Å². The van der Waals surface area contributed by atoms with Gasteiger partial charge in [-0.3, -0.25) is 9.59 Å². The lowest BCUT2D eigenvalue weighted by Gasteiger charge is -2.29. The number of hydrogen-bond donors (Lipinski definition) is 0. The van der Waals surface area contributed by atoms with E-state index in [-0.39, 0.29) is 12.8 Å². The van der Waals surface area contributed by atoms with Gasteiger partial charge in [-0.05, 0) is 80.1 Å². The summed E-state index contributed by atoms with van der Waals surface area (Å²) in [5, 5.41) is 0. The molecule has 0 aliphatic heterocycles. The molecule has 0 N–H and O–H groups in total. The quantitative estimate of drug-likeness (QED) is 0.0267. The smallest absolute Gasteiger partial charge is 0.352 e. The van der Waals surface area contributed by atoms with E-state index in [9.17, 15) is 19.2 Å². The van der Waals surface area contributed by atoms with Crippen molar-refractivity contribution in [3.8, 4) is 0 Å². The average molecular weight is 793 g/mol. The Morgan fingerprint density at radius 2 is 0.643 bits per heavy atom. The molecule has 0 fully saturated rings. The van der Waals surface area contributed by atoms with Crippen molar-refractivity contribution in [2.45, 2.75) is 271 Å². The first kappa shape index (κ1) is 53.6. The fourth-order valence-corrected chi connectivity index (χ4v) is 6.57. The van der Waals surface area contributed by atoms with E-state index in [0.29, 0.717) is 12.8 Å². The zero-order valence-electron chi connectivity index (χ0n) is 37.8. The number of ether oxygens (including phenoxy) is 4. The Morgan fingerprint density at radius 1 is 0.393 bits per heavy atom. The van der Waals surface area contributed by atoms with E-state index in [1.165, 1.54) is 109 Å². The van der Waals surface area contributed by atoms with Crippen molar-refractivity contribution in [3.63, 3.8) is 0 Å². The Bertz CT molecular complexity index is 1020. The summed E-state index contributed by atoms with van der Waals surface area (Å²) in [6, 6.07) is 0. The molecule has 8 heteroatoms. The molecule has 328 valence electrons. The molecule has 0 heterocycles. The summed E-state index contributed by atoms with van der Waals surface area (Å²) in [6.45, 7) is 14.6. The summed E-state index contributed by atoms with van der Waals surface area (Å²) < 4.78 is 22.3. The lowest BCUT2D eigenvalue weighted by molar-refractivity contribution is -0.200. The molecular formula is C48H88O8. The fourth-order valence-electron chi connectivity index (χ4n) is 6.57. The van der Waals surface area contributed by atoms with E-state index in [1.807, 2.05) is 0 Å². The minimum absolute atomic E-state index is 0.0750. The van der Waals surface area contributed by atoms with Crippen LogP contribution in [0.2, 0.25) is 0 Å². The number of esters is 4. The first-order valence-corrected chi connectivity index (χ1v) is 23.2. The van der Waals surface area contributed by atoms with Crippen LogP contribution in [0, 0.1) is 0 Å². The number of allylic oxidation sites excluding steroid dienone is 2. The predicted molar refractivity (Wildman–Crippen MR) is 230 cm³/mol. The molecule has 56 heavy (non-hydrogen) atoms. The Balaban J connectivity index is 4.87. The van der Waals surface area contributed by atoms with E-state index >= 15 is 0 Å². The first-order valence-electron chi connectivity index (χ1n) is 23.2. The van der Waals surface area contributed by atoms with Gasteiger partial charge in [0, 0.05) is 12.8 Å². The molecule has 0 aromatic heterocycles. The second-order valence-electron chi connectivity index (χ2n) is 17.9. The van der Waals surface area contributed by atoms with E-state index in [0.717, 1.165) is 57.8 Å². The molecule has 8 nitrogen and oxygen atoms in total. The number of hydrogen-bond acceptors (Lipinski definition) is 8. The van der Waals surface area contributed by atoms with Crippen LogP contribution in [0.25, 0.3) is 0 Å². The average Bonchev–Trinajstić information content (AvgIpc) is 3.11. The van der Waals surface area contributed by atoms with Crippen LogP contribution in [0.5, 0.6) is 0 Å². The van der Waals surface area contributed by atoms with E-state index in [1.54, 1.807) is 41.5 Å². The van der Waals surface area contributed by atoms with Crippen molar-refractivity contribution >= 4 is 23.9 Å². The number of carbonyl (C=O) groups is 4. The normalized spacial score (nSPS) is 13.1. The van der Waals surface area contributed by atoms with Gasteiger partial charge >= 0.3 is 23.9 Å². The van der Waals surface area contributed by atoms with Gasteiger partial charge in [-0.2, -0.15) is 0 Å². The van der Waals surface area contributed by atoms with Gasteiger partial charge in [0.05, 0.1) is 0 Å². The Kier molecular flexibility index (Phi) is 33.2. The third kappa shape index (κ3) is 34.8. The van der Waals surface area contributed by atoms with Crippen LogP contribution in [0.15, 0.2) is 12.2 Å². The van der Waals surface area contributed by atoms with Gasteiger partial charge in [-0.15, -0.1) is 0 Å². The molecular weight excluding hydrogens is 705 g/mol. The summed E-state index contributed by atoms with van der Waals surface area (Å²) in [5.74, 6) is -3.19. The van der Waals surface area contributed by atoms with E-state index in [2.05, 4.69) is 26.0 Å². The van der Waals surface area contributed by atoms with Gasteiger partial charge in [-0.1, -0.05) is 167 Å². The lowest BCUT2D eigenvalue weighted by atomic mass is 10.0. The van der Waals surface area contributed by atoms with Crippen molar-refractivity contribution in [2.75, 3.05) is 0 Å². The maximum absolute atomic E-state index is 13.4. The van der Waals surface area contributed by atoms with Crippen LogP contribution < -0.4 is 0 Å². The molecule has 2 unspecified atom stereocenters. The summed E-state index contributed by atoms with van der Waals surface area (Å²) in [7, 11) is 0. The SMILES string of the molecule is CCCCCCCC/C=C\CCCCCCCC(=O)OC(C(=O)OC(C)(C)C)C(OC(=O)CCCCCCCCCCCCCCCCC)C(=O)OC(C)(C)C. The molecule has 0 aromatic carbocycles. The fraction of sp³-hybridized carbons (Fsp3) is 0.875. The lowest BCUT2D eigenvalue weighted by Crippen LogP contribution is -2.50. The molecule has 0 bridgehead atoms. The highest BCUT2D eigenvalue weighted by molar-refractivity contribution is 5.89. The second-order valence-corrected chi connectivity index (χ2v) is 17.9. The van der Waals surface area contributed by atoms with Gasteiger partial charge in [0.1, 0.15) is 11.2 Å². The molecule has 0 saturated heterocycles. The highest BCUT2D eigenvalue weighted by Gasteiger charge is 2.44. The Morgan fingerprint density at radius 3 is 0.911 bits per heavy atom. The van der Waals surface area contributed by atoms with Crippen molar-refractivity contribution in [1.29, 1.82) is 0 Å². The second kappa shape index (κ2) is 34.6. The predicted octanol–water partition coefficient (Wildman–Crippen LogP) is 13.8. The third-order valence-corrected chi connectivity index (χ3v) is 9.70. The molecule has 0 radical (unpaired) electrons. The van der Waals surface area contributed by atoms with Crippen LogP contribution >= 0.6 is 0 Å². The van der Waals surface area contributed by atoms with Crippen molar-refractivity contribution in [2.24, 2.45) is 0 Å². The van der Waals surface area contributed by atoms with E-state index in [4.69, 9.17) is 18.9 Å². The Labute approximate surface area is 344 Å². The van der Waals surface area contributed by atoms with E-state index < -0.39 is 47.3 Å². The minimum Gasteiger partial charge on any atom is -0.457 e. The Hall–Kier alpha value is -2.38. The summed E-state index contributed by atoms with van der Waals surface area (Å²) in [6.07, 6.45) is 34.1. The third-order valence-electron chi connectivity index (χ3n) is 9.70. The van der Waals surface area contributed by atoms with Crippen LogP contribution in [0.3, 0.4) is 0 Å². The van der Waals surface area contributed by atoms with Crippen LogP contribution in [-0.2, 0) is 38.1 Å². The summed E-state index contributed by atoms with van der Waals surface area (Å²) in [5.41, 5.74) is -1.86. The van der Waals surface area contributed by atoms with Gasteiger partial charge in [0.25, 0.3) is 0 Å². The maximum Gasteiger partial charge on any atom is 0.352 e. The topological polar surface area (TPSA) is 105 Å². The van der Waals surface area contributed by atoms with Crippen LogP contribution in [0.1, 0.15) is 248 Å². The number of rotatable bonds is 36. The molecule has 0 amide bonds. The maximum atomic E-state index is 13.4. The first-order chi connectivity index (χ1) is 26.7. The van der Waals surface area contributed by atoms with Crippen LogP contribution in [0.4, 0.5) is 0 Å². The minimum atomic E-state index is -1.77. The molecule has 0 spiro atoms. The molecule has 0 aliphatic carbocycles. The largest absolute Gasteiger partial charge is 0.457 e. The molecule has 0 saturated carbocycles. The van der Waals surface area contributed by atoms with Gasteiger partial charge in [0.15, 0.2) is 0 Å². The number of unbranched alkanes of at least 4 members (excludes halogenated alkanes) is 25. The van der Waals surface area contributed by atoms with Crippen molar-refractivity contribution in [1.82, 2.24) is 0 Å². The zero-order valence-corrected chi connectivity index (χ0v) is 37.8. The van der Waals surface area contributed by atoms with Crippen molar-refractivity contribution in [3.05, 3.63) is 12.2 Å². The van der Waals surface area contributed by atoms with Crippen LogP contribution in [-0.4, -0.2) is 47.3 Å². The molecule has 0 aliphatic rings. The summed E-state index contributed by atoms with van der Waals surface area (Å²) >= 11 is 0. The monoisotopic (exact) mass is 793 g/mol. The standard InChI is InChI=1S/C48H88O8/c1-9-11-13-15-17-19-21-23-25-27-29-31-33-35-37-39-41(49)53-43(45(51)55-47(3,4)5)44(46(52)56-48(6,7)8)54-42(50)40-38-36-34-32-30-28-26-24-22-20-18-16-14-12-10-2/h23,25,43-44H,9-22,24,26-40H2,1-8H3/b25-23-. The van der Waals surface area contributed by atoms with Gasteiger partial charge in [0.2, 0.25) is 12.2 Å². The number of carbonyl (C=O) groups excluding carboxylic acids is 4. The van der Waals surface area contributed by atoms with Crippen molar-refractivity contribution < 1.29 is 38.1 Å². The highest BCUT2D eigenvalue weighted by Crippen LogP contribution is 2.21. The molecule has 2 atom stereocenters. The molecule has 0 rings (SSSR count). The van der Waals surface area contributed by atoms with Gasteiger partial charge < -0.3 is 18.9 Å². The zero-order chi connectivity index (χ0) is 41.9. The molecule has 0 aromatic rings. The highest BCUT2D eigenvalue weighted by atomic mass is 16.6. The summed E-state index contributed by atoms with van der Waals surface area (Å²) in [4.78, 5) is 52.9.